The predicted molar refractivity (Wildman–Crippen MR) is 319 cm³/mol. The van der Waals surface area contributed by atoms with Gasteiger partial charge in [0, 0.05) is 6.42 Å². The Bertz CT molecular complexity index is 1380. The van der Waals surface area contributed by atoms with Gasteiger partial charge in [0.05, 0.1) is 32.0 Å². The molecule has 1 amide bonds. The second kappa shape index (κ2) is 51.2. The minimum atomic E-state index is -1.78. The Morgan fingerprint density at radius 3 is 1.20 bits per heavy atom. The van der Waals surface area contributed by atoms with Crippen molar-refractivity contribution < 1.29 is 64.6 Å². The second-order valence-electron chi connectivity index (χ2n) is 24.0. The van der Waals surface area contributed by atoms with Gasteiger partial charge in [0.25, 0.3) is 0 Å². The first-order valence-corrected chi connectivity index (χ1v) is 33.4. The molecule has 0 aromatic heterocycles. The monoisotopic (exact) mass is 1130 g/mol. The number of hydrogen-bond acceptors (Lipinski definition) is 13. The Hall–Kier alpha value is -1.27. The van der Waals surface area contributed by atoms with Gasteiger partial charge in [-0.15, -0.1) is 0 Å². The molecule has 14 heteroatoms. The maximum Gasteiger partial charge on any atom is 0.220 e. The molecule has 2 aliphatic heterocycles. The van der Waals surface area contributed by atoms with Crippen LogP contribution in [0, 0.1) is 0 Å². The Morgan fingerprint density at radius 2 is 0.797 bits per heavy atom. The first-order valence-electron chi connectivity index (χ1n) is 33.4. The highest BCUT2D eigenvalue weighted by Gasteiger charge is 2.51. The number of hydrogen-bond donors (Lipinski definition) is 9. The Morgan fingerprint density at radius 1 is 0.443 bits per heavy atom. The van der Waals surface area contributed by atoms with E-state index in [0.29, 0.717) is 19.3 Å². The van der Waals surface area contributed by atoms with Gasteiger partial charge < -0.3 is 65.1 Å². The molecule has 2 aliphatic rings. The fourth-order valence-electron chi connectivity index (χ4n) is 11.4. The molecule has 2 rings (SSSR count). The van der Waals surface area contributed by atoms with Crippen molar-refractivity contribution in [2.75, 3.05) is 19.8 Å². The van der Waals surface area contributed by atoms with Crippen LogP contribution in [0.25, 0.3) is 0 Å². The Balaban J connectivity index is 1.66. The molecule has 0 aromatic rings. The van der Waals surface area contributed by atoms with E-state index in [0.717, 1.165) is 64.2 Å². The number of ether oxygens (including phenoxy) is 4. The van der Waals surface area contributed by atoms with Gasteiger partial charge in [0.2, 0.25) is 5.91 Å². The van der Waals surface area contributed by atoms with Crippen LogP contribution >= 0.6 is 0 Å². The zero-order valence-corrected chi connectivity index (χ0v) is 50.6. The molecule has 79 heavy (non-hydrogen) atoms. The smallest absolute Gasteiger partial charge is 0.220 e. The third-order valence-corrected chi connectivity index (χ3v) is 16.7. The molecule has 2 heterocycles. The molecule has 0 bridgehead atoms. The van der Waals surface area contributed by atoms with Crippen molar-refractivity contribution >= 4 is 5.91 Å². The minimum Gasteiger partial charge on any atom is -0.394 e. The van der Waals surface area contributed by atoms with Crippen LogP contribution in [0.1, 0.15) is 303 Å². The lowest BCUT2D eigenvalue weighted by Gasteiger charge is -2.46. The highest BCUT2D eigenvalue weighted by Crippen LogP contribution is 2.30. The first-order chi connectivity index (χ1) is 38.6. The van der Waals surface area contributed by atoms with E-state index < -0.39 is 86.8 Å². The summed E-state index contributed by atoms with van der Waals surface area (Å²) in [5.41, 5.74) is 0. The van der Waals surface area contributed by atoms with Gasteiger partial charge in [0.1, 0.15) is 48.8 Å². The highest BCUT2D eigenvalue weighted by atomic mass is 16.7. The summed E-state index contributed by atoms with van der Waals surface area (Å²) in [7, 11) is 0. The number of unbranched alkanes of at least 4 members (excludes halogenated alkanes) is 40. The molecule has 0 radical (unpaired) electrons. The van der Waals surface area contributed by atoms with Gasteiger partial charge in [-0.3, -0.25) is 4.79 Å². The van der Waals surface area contributed by atoms with E-state index in [2.05, 4.69) is 31.3 Å². The van der Waals surface area contributed by atoms with Crippen LogP contribution in [-0.2, 0) is 23.7 Å². The van der Waals surface area contributed by atoms with Gasteiger partial charge in [0.15, 0.2) is 12.6 Å². The fourth-order valence-corrected chi connectivity index (χ4v) is 11.4. The number of amides is 1. The maximum absolute atomic E-state index is 13.3. The summed E-state index contributed by atoms with van der Waals surface area (Å²) >= 11 is 0. The molecule has 2 saturated heterocycles. The molecule has 0 saturated carbocycles. The van der Waals surface area contributed by atoms with Gasteiger partial charge in [-0.05, 0) is 38.5 Å². The van der Waals surface area contributed by atoms with Crippen LogP contribution in [0.3, 0.4) is 0 Å². The summed E-state index contributed by atoms with van der Waals surface area (Å²) in [5.74, 6) is -0.210. The lowest BCUT2D eigenvalue weighted by atomic mass is 9.97. The predicted octanol–water partition coefficient (Wildman–Crippen LogP) is 12.6. The molecule has 14 nitrogen and oxygen atoms in total. The van der Waals surface area contributed by atoms with E-state index in [9.17, 15) is 45.6 Å². The summed E-state index contributed by atoms with van der Waals surface area (Å²) in [4.78, 5) is 13.3. The number of carbonyl (C=O) groups excluding carboxylic acids is 1. The van der Waals surface area contributed by atoms with Gasteiger partial charge in [-0.2, -0.15) is 0 Å². The molecule has 9 N–H and O–H groups in total. The minimum absolute atomic E-state index is 0.210. The maximum atomic E-state index is 13.3. The van der Waals surface area contributed by atoms with E-state index in [1.165, 1.54) is 205 Å². The van der Waals surface area contributed by atoms with E-state index in [1.54, 1.807) is 0 Å². The SMILES string of the molecule is CCCCCCCCC/C=C\CCCCCCCC(=O)NC(COC1OC(CO)C(OC2OC(CO)C(O)C(O)C2O)C(O)C1O)C(O)CCCCCCCCCCCCCCCCCCCCCCCCCCCCCCC. The van der Waals surface area contributed by atoms with Gasteiger partial charge in [-0.1, -0.05) is 270 Å². The number of aliphatic hydroxyl groups excluding tert-OH is 8. The van der Waals surface area contributed by atoms with E-state index in [4.69, 9.17) is 18.9 Å². The zero-order valence-electron chi connectivity index (χ0n) is 50.6. The largest absolute Gasteiger partial charge is 0.394 e. The first kappa shape index (κ1) is 73.8. The summed E-state index contributed by atoms with van der Waals surface area (Å²) in [6, 6.07) is -0.831. The van der Waals surface area contributed by atoms with Crippen LogP contribution in [-0.4, -0.2) is 140 Å². The van der Waals surface area contributed by atoms with Gasteiger partial charge >= 0.3 is 0 Å². The Labute approximate surface area is 482 Å². The molecule has 2 fully saturated rings. The van der Waals surface area contributed by atoms with Crippen molar-refractivity contribution in [3.63, 3.8) is 0 Å². The third-order valence-electron chi connectivity index (χ3n) is 16.7. The summed E-state index contributed by atoms with van der Waals surface area (Å²) < 4.78 is 22.9. The van der Waals surface area contributed by atoms with Crippen LogP contribution < -0.4 is 5.32 Å². The number of carbonyl (C=O) groups is 1. The van der Waals surface area contributed by atoms with Crippen molar-refractivity contribution in [2.45, 2.75) is 376 Å². The third kappa shape index (κ3) is 36.2. The number of rotatable bonds is 55. The molecule has 0 spiro atoms. The topological polar surface area (TPSA) is 228 Å². The van der Waals surface area contributed by atoms with E-state index >= 15 is 0 Å². The van der Waals surface area contributed by atoms with E-state index in [1.807, 2.05) is 0 Å². The van der Waals surface area contributed by atoms with Gasteiger partial charge in [-0.25, -0.2) is 0 Å². The fraction of sp³-hybridized carbons (Fsp3) is 0.954. The summed E-state index contributed by atoms with van der Waals surface area (Å²) in [6.07, 6.45) is 43.7. The molecular formula is C65H125NO13. The average Bonchev–Trinajstić information content (AvgIpc) is 3.48. The van der Waals surface area contributed by atoms with Crippen molar-refractivity contribution in [1.29, 1.82) is 0 Å². The number of nitrogens with one attached hydrogen (secondary N) is 1. The van der Waals surface area contributed by atoms with Crippen LogP contribution in [0.15, 0.2) is 12.2 Å². The Kier molecular flexibility index (Phi) is 47.8. The second-order valence-corrected chi connectivity index (χ2v) is 24.0. The average molecular weight is 1130 g/mol. The van der Waals surface area contributed by atoms with Crippen molar-refractivity contribution in [2.24, 2.45) is 0 Å². The lowest BCUT2D eigenvalue weighted by molar-refractivity contribution is -0.359. The molecule has 12 unspecified atom stereocenters. The molecule has 0 aliphatic carbocycles. The van der Waals surface area contributed by atoms with Crippen molar-refractivity contribution in [3.8, 4) is 0 Å². The summed E-state index contributed by atoms with van der Waals surface area (Å²) in [5, 5.41) is 87.4. The zero-order chi connectivity index (χ0) is 57.4. The highest BCUT2D eigenvalue weighted by molar-refractivity contribution is 5.76. The molecule has 0 aromatic carbocycles. The lowest BCUT2D eigenvalue weighted by Crippen LogP contribution is -2.65. The van der Waals surface area contributed by atoms with E-state index in [-0.39, 0.29) is 12.5 Å². The molecule has 12 atom stereocenters. The van der Waals surface area contributed by atoms with Crippen LogP contribution in [0.5, 0.6) is 0 Å². The standard InChI is InChI=1S/C65H125NO13/c1-3-5-7-9-11-13-15-17-19-21-22-23-24-25-26-27-28-29-30-31-32-33-34-36-38-40-42-44-46-48-54(69)53(66-57(70)49-47-45-43-41-39-37-35-20-18-16-14-12-10-8-6-4-2)52-76-64-62(75)60(73)63(56(51-68)78-64)79-65-61(74)59(72)58(71)55(50-67)77-65/h20,35,53-56,58-65,67-69,71-75H,3-19,21-34,36-52H2,1-2H3,(H,66,70)/b35-20-. The molecule has 468 valence electrons. The number of aliphatic hydroxyl groups is 8. The quantitative estimate of drug-likeness (QED) is 0.0204. The van der Waals surface area contributed by atoms with Crippen molar-refractivity contribution in [1.82, 2.24) is 5.32 Å². The van der Waals surface area contributed by atoms with Crippen molar-refractivity contribution in [3.05, 3.63) is 12.2 Å². The molecular weight excluding hydrogens is 1000 g/mol. The van der Waals surface area contributed by atoms with Crippen LogP contribution in [0.2, 0.25) is 0 Å². The van der Waals surface area contributed by atoms with Crippen LogP contribution in [0.4, 0.5) is 0 Å². The normalized spacial score (nSPS) is 24.4. The summed E-state index contributed by atoms with van der Waals surface area (Å²) in [6.45, 7) is 2.89. The number of allylic oxidation sites excluding steroid dienone is 2.